The third-order valence-corrected chi connectivity index (χ3v) is 2.28. The van der Waals surface area contributed by atoms with Crippen LogP contribution in [-0.4, -0.2) is 34.7 Å². The van der Waals surface area contributed by atoms with Gasteiger partial charge in [-0.15, -0.1) is 0 Å². The van der Waals surface area contributed by atoms with Crippen molar-refractivity contribution in [3.8, 4) is 0 Å². The predicted octanol–water partition coefficient (Wildman–Crippen LogP) is 0.517. The van der Waals surface area contributed by atoms with Gasteiger partial charge in [-0.3, -0.25) is 4.79 Å². The van der Waals surface area contributed by atoms with Crippen molar-refractivity contribution in [3.63, 3.8) is 0 Å². The summed E-state index contributed by atoms with van der Waals surface area (Å²) in [5.41, 5.74) is 0.251. The minimum Gasteiger partial charge on any atom is -0.377 e. The Morgan fingerprint density at radius 1 is 1.61 bits per heavy atom. The number of rotatable bonds is 6. The van der Waals surface area contributed by atoms with Crippen LogP contribution in [-0.2, 0) is 17.8 Å². The maximum absolute atomic E-state index is 11.7. The third-order valence-electron chi connectivity index (χ3n) is 2.28. The Hall–Kier alpha value is -2.15. The molecule has 0 unspecified atom stereocenters. The van der Waals surface area contributed by atoms with Crippen molar-refractivity contribution in [3.05, 3.63) is 35.7 Å². The number of amides is 1. The highest BCUT2D eigenvalue weighted by atomic mass is 16.5. The molecular formula is C11H14N4O3. The zero-order valence-corrected chi connectivity index (χ0v) is 9.97. The van der Waals surface area contributed by atoms with E-state index in [4.69, 9.17) is 9.26 Å². The minimum atomic E-state index is -0.271. The largest absolute Gasteiger partial charge is 0.377 e. The molecule has 7 nitrogen and oxygen atoms in total. The molecule has 2 N–H and O–H groups in total. The van der Waals surface area contributed by atoms with Crippen LogP contribution in [0.1, 0.15) is 22.1 Å². The van der Waals surface area contributed by atoms with Crippen LogP contribution in [0.5, 0.6) is 0 Å². The molecule has 0 spiro atoms. The van der Waals surface area contributed by atoms with E-state index >= 15 is 0 Å². The summed E-state index contributed by atoms with van der Waals surface area (Å²) in [6.07, 6.45) is 4.05. The highest BCUT2D eigenvalue weighted by Gasteiger charge is 2.11. The maximum atomic E-state index is 11.7. The molecule has 2 aromatic heterocycles. The third kappa shape index (κ3) is 3.17. The number of nitrogens with one attached hydrogen (secondary N) is 2. The summed E-state index contributed by atoms with van der Waals surface area (Å²) in [4.78, 5) is 18.7. The van der Waals surface area contributed by atoms with E-state index in [2.05, 4.69) is 20.4 Å². The zero-order valence-electron chi connectivity index (χ0n) is 9.97. The lowest BCUT2D eigenvalue weighted by atomic mass is 10.3. The van der Waals surface area contributed by atoms with Gasteiger partial charge in [0.1, 0.15) is 12.4 Å². The van der Waals surface area contributed by atoms with Gasteiger partial charge in [-0.25, -0.2) is 4.98 Å². The average molecular weight is 250 g/mol. The van der Waals surface area contributed by atoms with E-state index in [1.807, 2.05) is 0 Å². The molecule has 2 rings (SSSR count). The molecule has 96 valence electrons. The summed E-state index contributed by atoms with van der Waals surface area (Å²) in [6.45, 7) is 0.783. The molecule has 0 atom stereocenters. The summed E-state index contributed by atoms with van der Waals surface area (Å²) in [5, 5.41) is 6.39. The van der Waals surface area contributed by atoms with Gasteiger partial charge in [0, 0.05) is 38.5 Å². The topological polar surface area (TPSA) is 93.0 Å². The van der Waals surface area contributed by atoms with Crippen molar-refractivity contribution < 1.29 is 14.1 Å². The number of H-pyrrole nitrogens is 1. The summed E-state index contributed by atoms with van der Waals surface area (Å²) in [5.74, 6) is 1.08. The van der Waals surface area contributed by atoms with Crippen LogP contribution in [0, 0.1) is 0 Å². The summed E-state index contributed by atoms with van der Waals surface area (Å²) in [6, 6.07) is 1.56. The Labute approximate surface area is 104 Å². The normalized spacial score (nSPS) is 10.5. The number of methoxy groups -OCH3 is 1. The molecule has 0 aromatic carbocycles. The van der Waals surface area contributed by atoms with E-state index in [1.54, 1.807) is 25.6 Å². The van der Waals surface area contributed by atoms with Crippen LogP contribution in [0.3, 0.4) is 0 Å². The standard InChI is InChI=1S/C11H14N4O3/c1-17-7-8-6-9(15-18-8)11(16)14-3-2-10-12-4-5-13-10/h4-6H,2-3,7H2,1H3,(H,12,13)(H,14,16). The van der Waals surface area contributed by atoms with Gasteiger partial charge >= 0.3 is 0 Å². The van der Waals surface area contributed by atoms with E-state index in [0.29, 0.717) is 25.3 Å². The Morgan fingerprint density at radius 2 is 2.50 bits per heavy atom. The smallest absolute Gasteiger partial charge is 0.273 e. The molecule has 0 aliphatic heterocycles. The second-order valence-electron chi connectivity index (χ2n) is 3.65. The van der Waals surface area contributed by atoms with Gasteiger partial charge in [0.2, 0.25) is 0 Å². The Morgan fingerprint density at radius 3 is 3.22 bits per heavy atom. The summed E-state index contributed by atoms with van der Waals surface area (Å²) < 4.78 is 9.80. The molecule has 0 saturated heterocycles. The number of hydrogen-bond acceptors (Lipinski definition) is 5. The molecule has 18 heavy (non-hydrogen) atoms. The maximum Gasteiger partial charge on any atom is 0.273 e. The van der Waals surface area contributed by atoms with Gasteiger partial charge in [-0.1, -0.05) is 5.16 Å². The van der Waals surface area contributed by atoms with Crippen molar-refractivity contribution >= 4 is 5.91 Å². The number of nitrogens with zero attached hydrogens (tertiary/aromatic N) is 2. The fourth-order valence-electron chi connectivity index (χ4n) is 1.45. The number of carbonyl (C=O) groups excluding carboxylic acids is 1. The first-order valence-electron chi connectivity index (χ1n) is 5.50. The molecule has 0 saturated carbocycles. The van der Waals surface area contributed by atoms with Gasteiger partial charge in [0.25, 0.3) is 5.91 Å². The Bertz CT molecular complexity index is 492. The number of aromatic amines is 1. The fourth-order valence-corrected chi connectivity index (χ4v) is 1.45. The molecule has 1 amide bonds. The summed E-state index contributed by atoms with van der Waals surface area (Å²) >= 11 is 0. The van der Waals surface area contributed by atoms with Crippen molar-refractivity contribution in [1.29, 1.82) is 0 Å². The van der Waals surface area contributed by atoms with Crippen LogP contribution in [0.25, 0.3) is 0 Å². The lowest BCUT2D eigenvalue weighted by Crippen LogP contribution is -2.26. The van der Waals surface area contributed by atoms with E-state index < -0.39 is 0 Å². The summed E-state index contributed by atoms with van der Waals surface area (Å²) in [7, 11) is 1.55. The molecule has 7 heteroatoms. The molecule has 0 bridgehead atoms. The SMILES string of the molecule is COCc1cc(C(=O)NCCc2ncc[nH]2)no1. The fraction of sp³-hybridized carbons (Fsp3) is 0.364. The quantitative estimate of drug-likeness (QED) is 0.779. The van der Waals surface area contributed by atoms with Crippen molar-refractivity contribution in [2.45, 2.75) is 13.0 Å². The predicted molar refractivity (Wildman–Crippen MR) is 61.8 cm³/mol. The number of aromatic nitrogens is 3. The van der Waals surface area contributed by atoms with Gasteiger partial charge < -0.3 is 19.6 Å². The van der Waals surface area contributed by atoms with Crippen LogP contribution in [0.2, 0.25) is 0 Å². The van der Waals surface area contributed by atoms with E-state index in [0.717, 1.165) is 5.82 Å². The Kier molecular flexibility index (Phi) is 4.08. The van der Waals surface area contributed by atoms with Crippen LogP contribution in [0.15, 0.2) is 23.0 Å². The molecular weight excluding hydrogens is 236 g/mol. The number of imidazole rings is 1. The molecule has 2 heterocycles. The van der Waals surface area contributed by atoms with Crippen LogP contribution < -0.4 is 5.32 Å². The first-order valence-corrected chi connectivity index (χ1v) is 5.50. The van der Waals surface area contributed by atoms with Crippen molar-refractivity contribution in [2.75, 3.05) is 13.7 Å². The number of hydrogen-bond donors (Lipinski definition) is 2. The average Bonchev–Trinajstić information content (AvgIpc) is 3.00. The second-order valence-corrected chi connectivity index (χ2v) is 3.65. The minimum absolute atomic E-state index is 0.251. The van der Waals surface area contributed by atoms with E-state index in [9.17, 15) is 4.79 Å². The Balaban J connectivity index is 1.80. The molecule has 0 aliphatic carbocycles. The molecule has 2 aromatic rings. The van der Waals surface area contributed by atoms with E-state index in [-0.39, 0.29) is 11.6 Å². The molecule has 0 radical (unpaired) electrons. The lowest BCUT2D eigenvalue weighted by Gasteiger charge is -2.00. The zero-order chi connectivity index (χ0) is 12.8. The van der Waals surface area contributed by atoms with Gasteiger partial charge in [-0.2, -0.15) is 0 Å². The molecule has 0 fully saturated rings. The first kappa shape index (κ1) is 12.3. The highest BCUT2D eigenvalue weighted by Crippen LogP contribution is 2.04. The van der Waals surface area contributed by atoms with Crippen LogP contribution in [0.4, 0.5) is 0 Å². The first-order chi connectivity index (χ1) is 8.79. The van der Waals surface area contributed by atoms with E-state index in [1.165, 1.54) is 0 Å². The van der Waals surface area contributed by atoms with Gasteiger partial charge in [0.05, 0.1) is 0 Å². The van der Waals surface area contributed by atoms with Crippen molar-refractivity contribution in [1.82, 2.24) is 20.4 Å². The van der Waals surface area contributed by atoms with Crippen molar-refractivity contribution in [2.24, 2.45) is 0 Å². The number of carbonyl (C=O) groups is 1. The second kappa shape index (κ2) is 5.97. The van der Waals surface area contributed by atoms with Crippen LogP contribution >= 0.6 is 0 Å². The molecule has 0 aliphatic rings. The van der Waals surface area contributed by atoms with Gasteiger partial charge in [-0.05, 0) is 0 Å². The van der Waals surface area contributed by atoms with Gasteiger partial charge in [0.15, 0.2) is 11.5 Å². The highest BCUT2D eigenvalue weighted by molar-refractivity contribution is 5.92. The monoisotopic (exact) mass is 250 g/mol. The number of ether oxygens (including phenoxy) is 1. The lowest BCUT2D eigenvalue weighted by molar-refractivity contribution is 0.0944.